The highest BCUT2D eigenvalue weighted by atomic mass is 16.1. The first-order valence-corrected chi connectivity index (χ1v) is 9.43. The zero-order valence-corrected chi connectivity index (χ0v) is 16.1. The van der Waals surface area contributed by atoms with Gasteiger partial charge in [-0.1, -0.05) is 74.5 Å². The van der Waals surface area contributed by atoms with E-state index >= 15 is 0 Å². The van der Waals surface area contributed by atoms with Crippen LogP contribution in [0.25, 0.3) is 22.3 Å². The first-order chi connectivity index (χ1) is 13.2. The lowest BCUT2D eigenvalue weighted by Gasteiger charge is -2.11. The van der Waals surface area contributed by atoms with Crippen LogP contribution in [-0.4, -0.2) is 19.0 Å². The lowest BCUT2D eigenvalue weighted by Crippen LogP contribution is -2.24. The van der Waals surface area contributed by atoms with Crippen LogP contribution in [0.5, 0.6) is 0 Å². The molecule has 3 N–H and O–H groups in total. The van der Waals surface area contributed by atoms with Crippen LogP contribution in [0, 0.1) is 0 Å². The minimum atomic E-state index is -0.0215. The normalized spacial score (nSPS) is 9.89. The van der Waals surface area contributed by atoms with Crippen molar-refractivity contribution in [1.29, 1.82) is 0 Å². The quantitative estimate of drug-likeness (QED) is 0.663. The summed E-state index contributed by atoms with van der Waals surface area (Å²) < 4.78 is 0. The second kappa shape index (κ2) is 10.9. The Morgan fingerprint density at radius 3 is 1.63 bits per heavy atom. The molecule has 3 heteroatoms. The zero-order valence-electron chi connectivity index (χ0n) is 16.1. The van der Waals surface area contributed by atoms with Gasteiger partial charge in [-0.05, 0) is 53.4 Å². The average Bonchev–Trinajstić information content (AvgIpc) is 2.73. The van der Waals surface area contributed by atoms with E-state index in [-0.39, 0.29) is 5.91 Å². The summed E-state index contributed by atoms with van der Waals surface area (Å²) >= 11 is 0. The molecular formula is C24H28N2O. The van der Waals surface area contributed by atoms with E-state index in [0.29, 0.717) is 12.1 Å². The Bertz CT molecular complexity index is 772. The molecule has 0 unspecified atom stereocenters. The summed E-state index contributed by atoms with van der Waals surface area (Å²) in [7, 11) is 0. The maximum absolute atomic E-state index is 12.5. The fourth-order valence-corrected chi connectivity index (χ4v) is 2.69. The van der Waals surface area contributed by atoms with E-state index in [0.717, 1.165) is 35.2 Å². The molecule has 0 radical (unpaired) electrons. The average molecular weight is 361 g/mol. The summed E-state index contributed by atoms with van der Waals surface area (Å²) in [4.78, 5) is 12.5. The van der Waals surface area contributed by atoms with Gasteiger partial charge in [0.1, 0.15) is 0 Å². The van der Waals surface area contributed by atoms with Crippen LogP contribution in [0.3, 0.4) is 0 Å². The molecule has 0 aliphatic carbocycles. The summed E-state index contributed by atoms with van der Waals surface area (Å²) in [5.74, 6) is -0.0215. The molecule has 27 heavy (non-hydrogen) atoms. The van der Waals surface area contributed by atoms with E-state index in [1.165, 1.54) is 0 Å². The summed E-state index contributed by atoms with van der Waals surface area (Å²) in [6.07, 6.45) is 0.926. The molecule has 3 aromatic carbocycles. The molecule has 140 valence electrons. The minimum Gasteiger partial charge on any atom is -0.352 e. The number of amides is 1. The van der Waals surface area contributed by atoms with E-state index in [1.807, 2.05) is 55.5 Å². The standard InChI is InChI=1S/C22H21NO.C2H7N/c1-2-13-23-22(24)21-15-19(17-9-5-3-6-10-17)14-20(16-21)18-11-7-4-8-12-18;1-2-3/h3-12,14-16H,2,13H2,1H3,(H,23,24);2-3H2,1H3. The van der Waals surface area contributed by atoms with Crippen molar-refractivity contribution >= 4 is 5.91 Å². The zero-order chi connectivity index (χ0) is 19.5. The first kappa shape index (κ1) is 20.4. The summed E-state index contributed by atoms with van der Waals surface area (Å²) in [6.45, 7) is 5.39. The molecule has 0 bridgehead atoms. The molecule has 0 aliphatic rings. The Balaban J connectivity index is 0.000000817. The van der Waals surface area contributed by atoms with Crippen molar-refractivity contribution < 1.29 is 4.79 Å². The van der Waals surface area contributed by atoms with Gasteiger partial charge in [0, 0.05) is 12.1 Å². The fraction of sp³-hybridized carbons (Fsp3) is 0.208. The minimum absolute atomic E-state index is 0.0215. The van der Waals surface area contributed by atoms with Gasteiger partial charge in [0.05, 0.1) is 0 Å². The molecule has 1 amide bonds. The Morgan fingerprint density at radius 2 is 1.22 bits per heavy atom. The van der Waals surface area contributed by atoms with Gasteiger partial charge in [-0.3, -0.25) is 4.79 Å². The van der Waals surface area contributed by atoms with E-state index in [2.05, 4.69) is 42.6 Å². The Labute approximate surface area is 162 Å². The van der Waals surface area contributed by atoms with Crippen LogP contribution >= 0.6 is 0 Å². The molecule has 0 saturated heterocycles. The maximum atomic E-state index is 12.5. The fourth-order valence-electron chi connectivity index (χ4n) is 2.69. The van der Waals surface area contributed by atoms with Gasteiger partial charge in [-0.25, -0.2) is 0 Å². The number of nitrogens with one attached hydrogen (secondary N) is 1. The molecule has 3 nitrogen and oxygen atoms in total. The third kappa shape index (κ3) is 6.08. The summed E-state index contributed by atoms with van der Waals surface area (Å²) in [6, 6.07) is 26.4. The molecule has 3 aromatic rings. The van der Waals surface area contributed by atoms with Crippen molar-refractivity contribution in [1.82, 2.24) is 5.32 Å². The molecule has 0 aliphatic heterocycles. The Morgan fingerprint density at radius 1 is 0.778 bits per heavy atom. The Kier molecular flexibility index (Phi) is 8.27. The number of hydrogen-bond acceptors (Lipinski definition) is 2. The van der Waals surface area contributed by atoms with Crippen molar-refractivity contribution in [2.75, 3.05) is 13.1 Å². The highest BCUT2D eigenvalue weighted by molar-refractivity contribution is 5.97. The first-order valence-electron chi connectivity index (χ1n) is 9.43. The van der Waals surface area contributed by atoms with Crippen LogP contribution in [0.1, 0.15) is 30.6 Å². The molecule has 0 aromatic heterocycles. The number of carbonyl (C=O) groups excluding carboxylic acids is 1. The van der Waals surface area contributed by atoms with Crippen LogP contribution in [0.4, 0.5) is 0 Å². The summed E-state index contributed by atoms with van der Waals surface area (Å²) in [5.41, 5.74) is 9.88. The van der Waals surface area contributed by atoms with Gasteiger partial charge in [-0.2, -0.15) is 0 Å². The van der Waals surface area contributed by atoms with Crippen LogP contribution in [0.15, 0.2) is 78.9 Å². The molecule has 3 rings (SSSR count). The van der Waals surface area contributed by atoms with E-state index in [1.54, 1.807) is 0 Å². The van der Waals surface area contributed by atoms with Crippen LogP contribution < -0.4 is 11.1 Å². The second-order valence-electron chi connectivity index (χ2n) is 6.20. The topological polar surface area (TPSA) is 55.1 Å². The molecule has 0 heterocycles. The third-order valence-corrected chi connectivity index (χ3v) is 3.95. The molecular weight excluding hydrogens is 332 g/mol. The Hall–Kier alpha value is -2.91. The molecule has 0 fully saturated rings. The van der Waals surface area contributed by atoms with E-state index < -0.39 is 0 Å². The highest BCUT2D eigenvalue weighted by Crippen LogP contribution is 2.28. The number of carbonyl (C=O) groups is 1. The predicted octanol–water partition coefficient (Wildman–Crippen LogP) is 5.13. The smallest absolute Gasteiger partial charge is 0.251 e. The monoisotopic (exact) mass is 360 g/mol. The lowest BCUT2D eigenvalue weighted by molar-refractivity contribution is 0.0953. The molecule has 0 spiro atoms. The van der Waals surface area contributed by atoms with Crippen molar-refractivity contribution in [3.8, 4) is 22.3 Å². The van der Waals surface area contributed by atoms with E-state index in [4.69, 9.17) is 5.73 Å². The second-order valence-corrected chi connectivity index (χ2v) is 6.20. The molecule has 0 saturated carbocycles. The highest BCUT2D eigenvalue weighted by Gasteiger charge is 2.10. The van der Waals surface area contributed by atoms with Gasteiger partial charge in [0.25, 0.3) is 5.91 Å². The number of nitrogens with two attached hydrogens (primary N) is 1. The molecule has 0 atom stereocenters. The summed E-state index contributed by atoms with van der Waals surface area (Å²) in [5, 5.41) is 2.97. The van der Waals surface area contributed by atoms with Crippen molar-refractivity contribution in [3.63, 3.8) is 0 Å². The van der Waals surface area contributed by atoms with Crippen molar-refractivity contribution in [2.24, 2.45) is 5.73 Å². The predicted molar refractivity (Wildman–Crippen MR) is 115 cm³/mol. The van der Waals surface area contributed by atoms with Gasteiger partial charge < -0.3 is 11.1 Å². The lowest BCUT2D eigenvalue weighted by atomic mass is 9.96. The van der Waals surface area contributed by atoms with E-state index in [9.17, 15) is 4.79 Å². The van der Waals surface area contributed by atoms with Crippen LogP contribution in [-0.2, 0) is 0 Å². The largest absolute Gasteiger partial charge is 0.352 e. The van der Waals surface area contributed by atoms with Crippen molar-refractivity contribution in [3.05, 3.63) is 84.4 Å². The van der Waals surface area contributed by atoms with Gasteiger partial charge in [-0.15, -0.1) is 0 Å². The number of benzene rings is 3. The maximum Gasteiger partial charge on any atom is 0.251 e. The van der Waals surface area contributed by atoms with Gasteiger partial charge in [0.2, 0.25) is 0 Å². The number of hydrogen-bond donors (Lipinski definition) is 2. The van der Waals surface area contributed by atoms with Gasteiger partial charge in [0.15, 0.2) is 0 Å². The van der Waals surface area contributed by atoms with Gasteiger partial charge >= 0.3 is 0 Å². The number of rotatable bonds is 5. The third-order valence-electron chi connectivity index (χ3n) is 3.95. The van der Waals surface area contributed by atoms with Crippen LogP contribution in [0.2, 0.25) is 0 Å². The SMILES string of the molecule is CCCNC(=O)c1cc(-c2ccccc2)cc(-c2ccccc2)c1.CCN. The van der Waals surface area contributed by atoms with Crippen molar-refractivity contribution in [2.45, 2.75) is 20.3 Å².